The molecule has 1 saturated heterocycles. The Labute approximate surface area is 125 Å². The fourth-order valence-electron chi connectivity index (χ4n) is 2.28. The molecule has 2 N–H and O–H groups in total. The van der Waals surface area contributed by atoms with Gasteiger partial charge in [0.1, 0.15) is 0 Å². The fraction of sp³-hybridized carbons (Fsp3) is 0.500. The molecule has 116 valence electrons. The Balaban J connectivity index is 1.92. The van der Waals surface area contributed by atoms with Crippen molar-refractivity contribution in [3.63, 3.8) is 0 Å². The SMILES string of the molecule is CCNS(=O)(=O)c1ccc(NCC(=O)N2CCCC2)cc1. The number of nitrogens with zero attached hydrogens (tertiary/aromatic N) is 1. The van der Waals surface area contributed by atoms with E-state index in [1.54, 1.807) is 19.1 Å². The third-order valence-electron chi connectivity index (χ3n) is 3.40. The Morgan fingerprint density at radius 2 is 1.81 bits per heavy atom. The van der Waals surface area contributed by atoms with E-state index < -0.39 is 10.0 Å². The van der Waals surface area contributed by atoms with Gasteiger partial charge >= 0.3 is 0 Å². The zero-order valence-corrected chi connectivity index (χ0v) is 12.9. The van der Waals surface area contributed by atoms with Crippen LogP contribution in [0.15, 0.2) is 29.2 Å². The molecule has 0 aromatic heterocycles. The third kappa shape index (κ3) is 4.18. The van der Waals surface area contributed by atoms with Crippen molar-refractivity contribution in [2.75, 3.05) is 31.5 Å². The largest absolute Gasteiger partial charge is 0.376 e. The number of benzene rings is 1. The molecule has 6 nitrogen and oxygen atoms in total. The first-order valence-corrected chi connectivity index (χ1v) is 8.62. The summed E-state index contributed by atoms with van der Waals surface area (Å²) in [5, 5.41) is 3.03. The lowest BCUT2D eigenvalue weighted by Crippen LogP contribution is -2.32. The average Bonchev–Trinajstić information content (AvgIpc) is 2.99. The highest BCUT2D eigenvalue weighted by molar-refractivity contribution is 7.89. The molecule has 21 heavy (non-hydrogen) atoms. The average molecular weight is 311 g/mol. The van der Waals surface area contributed by atoms with Crippen LogP contribution in [0.5, 0.6) is 0 Å². The normalized spacial score (nSPS) is 15.2. The molecule has 1 fully saturated rings. The van der Waals surface area contributed by atoms with Crippen LogP contribution in [0.4, 0.5) is 5.69 Å². The number of carbonyl (C=O) groups excluding carboxylic acids is 1. The molecule has 1 aromatic rings. The topological polar surface area (TPSA) is 78.5 Å². The molecule has 0 atom stereocenters. The number of likely N-dealkylation sites (tertiary alicyclic amines) is 1. The van der Waals surface area contributed by atoms with E-state index in [1.165, 1.54) is 12.1 Å². The number of rotatable bonds is 6. The minimum atomic E-state index is -3.42. The lowest BCUT2D eigenvalue weighted by molar-refractivity contribution is -0.128. The van der Waals surface area contributed by atoms with Gasteiger partial charge in [-0.05, 0) is 37.1 Å². The molecule has 0 bridgehead atoms. The molecule has 1 aliphatic rings. The number of hydrogen-bond donors (Lipinski definition) is 2. The number of amides is 1. The minimum Gasteiger partial charge on any atom is -0.376 e. The van der Waals surface area contributed by atoms with Gasteiger partial charge in [-0.25, -0.2) is 13.1 Å². The van der Waals surface area contributed by atoms with E-state index in [-0.39, 0.29) is 17.3 Å². The van der Waals surface area contributed by atoms with Crippen molar-refractivity contribution in [1.29, 1.82) is 0 Å². The van der Waals surface area contributed by atoms with Gasteiger partial charge in [0.05, 0.1) is 11.4 Å². The maximum atomic E-state index is 11.9. The summed E-state index contributed by atoms with van der Waals surface area (Å²) in [4.78, 5) is 14.0. The maximum Gasteiger partial charge on any atom is 0.241 e. The van der Waals surface area contributed by atoms with Gasteiger partial charge in [-0.1, -0.05) is 6.92 Å². The van der Waals surface area contributed by atoms with Crippen molar-refractivity contribution in [1.82, 2.24) is 9.62 Å². The lowest BCUT2D eigenvalue weighted by Gasteiger charge is -2.16. The van der Waals surface area contributed by atoms with Crippen LogP contribution in [0, 0.1) is 0 Å². The molecule has 1 aliphatic heterocycles. The predicted octanol–water partition coefficient (Wildman–Crippen LogP) is 1.02. The molecule has 1 amide bonds. The number of hydrogen-bond acceptors (Lipinski definition) is 4. The van der Waals surface area contributed by atoms with Crippen molar-refractivity contribution < 1.29 is 13.2 Å². The highest BCUT2D eigenvalue weighted by atomic mass is 32.2. The van der Waals surface area contributed by atoms with Gasteiger partial charge in [-0.3, -0.25) is 4.79 Å². The number of nitrogens with one attached hydrogen (secondary N) is 2. The first-order chi connectivity index (χ1) is 10.0. The molecule has 0 unspecified atom stereocenters. The van der Waals surface area contributed by atoms with Crippen LogP contribution in [0.1, 0.15) is 19.8 Å². The number of carbonyl (C=O) groups is 1. The summed E-state index contributed by atoms with van der Waals surface area (Å²) in [7, 11) is -3.42. The summed E-state index contributed by atoms with van der Waals surface area (Å²) in [5.74, 6) is 0.0804. The zero-order chi connectivity index (χ0) is 15.3. The van der Waals surface area contributed by atoms with E-state index in [0.29, 0.717) is 6.54 Å². The van der Waals surface area contributed by atoms with Gasteiger partial charge in [0.15, 0.2) is 0 Å². The minimum absolute atomic E-state index is 0.0804. The summed E-state index contributed by atoms with van der Waals surface area (Å²) in [5.41, 5.74) is 0.734. The molecular formula is C14H21N3O3S. The maximum absolute atomic E-state index is 11.9. The number of anilines is 1. The van der Waals surface area contributed by atoms with Gasteiger partial charge in [0, 0.05) is 25.3 Å². The highest BCUT2D eigenvalue weighted by Crippen LogP contribution is 2.14. The van der Waals surface area contributed by atoms with Crippen molar-refractivity contribution in [2.45, 2.75) is 24.7 Å². The molecule has 0 radical (unpaired) electrons. The Bertz CT molecular complexity index is 578. The first-order valence-electron chi connectivity index (χ1n) is 7.14. The summed E-state index contributed by atoms with van der Waals surface area (Å²) < 4.78 is 26.0. The van der Waals surface area contributed by atoms with Crippen LogP contribution in [0.3, 0.4) is 0 Å². The first kappa shape index (κ1) is 15.8. The van der Waals surface area contributed by atoms with Gasteiger partial charge in [-0.2, -0.15) is 0 Å². The van der Waals surface area contributed by atoms with E-state index in [4.69, 9.17) is 0 Å². The monoisotopic (exact) mass is 311 g/mol. The van der Waals surface area contributed by atoms with E-state index in [1.807, 2.05) is 4.90 Å². The molecule has 0 aliphatic carbocycles. The third-order valence-corrected chi connectivity index (χ3v) is 4.96. The van der Waals surface area contributed by atoms with Crippen molar-refractivity contribution in [3.05, 3.63) is 24.3 Å². The lowest BCUT2D eigenvalue weighted by atomic mass is 10.3. The number of sulfonamides is 1. The van der Waals surface area contributed by atoms with Crippen LogP contribution in [0.2, 0.25) is 0 Å². The van der Waals surface area contributed by atoms with E-state index in [2.05, 4.69) is 10.0 Å². The van der Waals surface area contributed by atoms with Crippen LogP contribution in [-0.2, 0) is 14.8 Å². The molecule has 0 saturated carbocycles. The van der Waals surface area contributed by atoms with Crippen LogP contribution in [0.25, 0.3) is 0 Å². The van der Waals surface area contributed by atoms with E-state index in [9.17, 15) is 13.2 Å². The molecule has 2 rings (SSSR count). The zero-order valence-electron chi connectivity index (χ0n) is 12.1. The van der Waals surface area contributed by atoms with Crippen molar-refractivity contribution in [2.24, 2.45) is 0 Å². The molecule has 0 spiro atoms. The van der Waals surface area contributed by atoms with Crippen molar-refractivity contribution >= 4 is 21.6 Å². The Morgan fingerprint density at radius 1 is 1.19 bits per heavy atom. The Kier molecular flexibility index (Phi) is 5.19. The standard InChI is InChI=1S/C14H21N3O3S/c1-2-16-21(19,20)13-7-5-12(6-8-13)15-11-14(18)17-9-3-4-10-17/h5-8,15-16H,2-4,9-11H2,1H3. The highest BCUT2D eigenvalue weighted by Gasteiger charge is 2.17. The van der Waals surface area contributed by atoms with Gasteiger partial charge in [0.25, 0.3) is 0 Å². The van der Waals surface area contributed by atoms with E-state index >= 15 is 0 Å². The second-order valence-electron chi connectivity index (χ2n) is 4.97. The fourth-order valence-corrected chi connectivity index (χ4v) is 3.32. The second-order valence-corrected chi connectivity index (χ2v) is 6.73. The van der Waals surface area contributed by atoms with Gasteiger partial charge in [0.2, 0.25) is 15.9 Å². The molecule has 7 heteroatoms. The Hall–Kier alpha value is -1.60. The van der Waals surface area contributed by atoms with Crippen LogP contribution in [-0.4, -0.2) is 45.4 Å². The van der Waals surface area contributed by atoms with Gasteiger partial charge in [-0.15, -0.1) is 0 Å². The summed E-state index contributed by atoms with van der Waals surface area (Å²) >= 11 is 0. The quantitative estimate of drug-likeness (QED) is 0.822. The van der Waals surface area contributed by atoms with Gasteiger partial charge < -0.3 is 10.2 Å². The van der Waals surface area contributed by atoms with E-state index in [0.717, 1.165) is 31.6 Å². The van der Waals surface area contributed by atoms with Crippen LogP contribution >= 0.6 is 0 Å². The Morgan fingerprint density at radius 3 is 2.38 bits per heavy atom. The summed E-state index contributed by atoms with van der Waals surface area (Å²) in [6.45, 7) is 3.99. The summed E-state index contributed by atoms with van der Waals surface area (Å²) in [6.07, 6.45) is 2.14. The summed E-state index contributed by atoms with van der Waals surface area (Å²) in [6, 6.07) is 6.39. The van der Waals surface area contributed by atoms with Crippen LogP contribution < -0.4 is 10.0 Å². The second kappa shape index (κ2) is 6.91. The smallest absolute Gasteiger partial charge is 0.241 e. The molecule has 1 aromatic carbocycles. The molecular weight excluding hydrogens is 290 g/mol. The predicted molar refractivity (Wildman–Crippen MR) is 81.6 cm³/mol. The molecule has 1 heterocycles. The van der Waals surface area contributed by atoms with Crippen molar-refractivity contribution in [3.8, 4) is 0 Å².